The number of hydrogen-bond donors (Lipinski definition) is 0. The molecule has 0 fully saturated rings. The third-order valence-electron chi connectivity index (χ3n) is 2.17. The van der Waals surface area contributed by atoms with Gasteiger partial charge in [-0.3, -0.25) is 4.79 Å². The van der Waals surface area contributed by atoms with E-state index >= 15 is 0 Å². The number of nitrogens with zero attached hydrogens (tertiary/aromatic N) is 5. The highest BCUT2D eigenvalue weighted by Crippen LogP contribution is 2.22. The summed E-state index contributed by atoms with van der Waals surface area (Å²) in [4.78, 5) is 13.5. The van der Waals surface area contributed by atoms with Crippen molar-refractivity contribution in [1.29, 1.82) is 10.5 Å². The molecule has 0 saturated heterocycles. The van der Waals surface area contributed by atoms with E-state index in [4.69, 9.17) is 10.5 Å². The fourth-order valence-corrected chi connectivity index (χ4v) is 3.00. The predicted molar refractivity (Wildman–Crippen MR) is 72.4 cm³/mol. The Hall–Kier alpha value is -1.64. The Morgan fingerprint density at radius 2 is 1.95 bits per heavy atom. The van der Waals surface area contributed by atoms with E-state index in [-0.39, 0.29) is 24.5 Å². The quantitative estimate of drug-likeness (QED) is 0.709. The number of aryl methyl sites for hydroxylation is 1. The monoisotopic (exact) mass is 295 g/mol. The SMILES string of the molecule is Cc1nnc(SCC(=O)N(CCC#N)CCC#N)s1. The first-order valence-electron chi connectivity index (χ1n) is 5.62. The van der Waals surface area contributed by atoms with Gasteiger partial charge in [-0.1, -0.05) is 23.1 Å². The van der Waals surface area contributed by atoms with Crippen molar-refractivity contribution in [2.24, 2.45) is 0 Å². The summed E-state index contributed by atoms with van der Waals surface area (Å²) >= 11 is 2.77. The summed E-state index contributed by atoms with van der Waals surface area (Å²) in [7, 11) is 0. The van der Waals surface area contributed by atoms with E-state index in [9.17, 15) is 4.79 Å². The number of hydrogen-bond acceptors (Lipinski definition) is 7. The molecule has 1 rings (SSSR count). The van der Waals surface area contributed by atoms with Gasteiger partial charge in [-0.05, 0) is 6.92 Å². The zero-order valence-electron chi connectivity index (χ0n) is 10.5. The van der Waals surface area contributed by atoms with Gasteiger partial charge in [0.2, 0.25) is 5.91 Å². The smallest absolute Gasteiger partial charge is 0.233 e. The maximum absolute atomic E-state index is 12.0. The molecule has 6 nitrogen and oxygen atoms in total. The van der Waals surface area contributed by atoms with Crippen molar-refractivity contribution in [3.05, 3.63) is 5.01 Å². The second kappa shape index (κ2) is 8.46. The van der Waals surface area contributed by atoms with Crippen molar-refractivity contribution >= 4 is 29.0 Å². The predicted octanol–water partition coefficient (Wildman–Crippen LogP) is 1.59. The maximum Gasteiger partial charge on any atom is 0.233 e. The largest absolute Gasteiger partial charge is 0.340 e. The minimum Gasteiger partial charge on any atom is -0.340 e. The van der Waals surface area contributed by atoms with E-state index in [1.807, 2.05) is 19.1 Å². The summed E-state index contributed by atoms with van der Waals surface area (Å²) in [5.41, 5.74) is 0. The van der Waals surface area contributed by atoms with Gasteiger partial charge in [-0.2, -0.15) is 10.5 Å². The van der Waals surface area contributed by atoms with Gasteiger partial charge in [0, 0.05) is 13.1 Å². The number of carbonyl (C=O) groups excluding carboxylic acids is 1. The van der Waals surface area contributed by atoms with Crippen molar-refractivity contribution in [2.75, 3.05) is 18.8 Å². The summed E-state index contributed by atoms with van der Waals surface area (Å²) in [6.07, 6.45) is 0.555. The van der Waals surface area contributed by atoms with Gasteiger partial charge < -0.3 is 4.90 Å². The van der Waals surface area contributed by atoms with Gasteiger partial charge >= 0.3 is 0 Å². The Morgan fingerprint density at radius 1 is 1.32 bits per heavy atom. The van der Waals surface area contributed by atoms with E-state index in [1.165, 1.54) is 23.1 Å². The van der Waals surface area contributed by atoms with Crippen molar-refractivity contribution in [3.8, 4) is 12.1 Å². The average Bonchev–Trinajstić information content (AvgIpc) is 2.82. The van der Waals surface area contributed by atoms with E-state index < -0.39 is 0 Å². The number of nitriles is 2. The molecule has 0 aliphatic rings. The van der Waals surface area contributed by atoms with Gasteiger partial charge in [-0.15, -0.1) is 10.2 Å². The fourth-order valence-electron chi connectivity index (χ4n) is 1.28. The first-order chi connectivity index (χ1) is 9.17. The van der Waals surface area contributed by atoms with Crippen molar-refractivity contribution in [1.82, 2.24) is 15.1 Å². The van der Waals surface area contributed by atoms with Crippen LogP contribution in [0.4, 0.5) is 0 Å². The van der Waals surface area contributed by atoms with Gasteiger partial charge in [0.25, 0.3) is 0 Å². The second-order valence-electron chi connectivity index (χ2n) is 3.57. The van der Waals surface area contributed by atoms with Crippen LogP contribution in [0.25, 0.3) is 0 Å². The molecule has 0 spiro atoms. The molecule has 0 unspecified atom stereocenters. The number of aromatic nitrogens is 2. The highest BCUT2D eigenvalue weighted by molar-refractivity contribution is 8.01. The zero-order valence-corrected chi connectivity index (χ0v) is 12.1. The molecule has 1 aromatic rings. The molecule has 8 heteroatoms. The van der Waals surface area contributed by atoms with Crippen molar-refractivity contribution in [3.63, 3.8) is 0 Å². The summed E-state index contributed by atoms with van der Waals surface area (Å²) in [5.74, 6) is 0.175. The van der Waals surface area contributed by atoms with E-state index in [0.717, 1.165) is 9.35 Å². The highest BCUT2D eigenvalue weighted by Gasteiger charge is 2.14. The number of amides is 1. The average molecular weight is 295 g/mol. The van der Waals surface area contributed by atoms with E-state index in [2.05, 4.69) is 10.2 Å². The Labute approximate surface area is 120 Å². The minimum atomic E-state index is -0.0802. The van der Waals surface area contributed by atoms with Crippen molar-refractivity contribution < 1.29 is 4.79 Å². The third kappa shape index (κ3) is 5.69. The first kappa shape index (κ1) is 15.4. The van der Waals surface area contributed by atoms with Crippen LogP contribution in [0.2, 0.25) is 0 Å². The molecule has 1 amide bonds. The van der Waals surface area contributed by atoms with Crippen LogP contribution in [0.1, 0.15) is 17.8 Å². The molecule has 0 aliphatic carbocycles. The summed E-state index contributed by atoms with van der Waals surface area (Å²) in [5, 5.41) is 25.8. The fraction of sp³-hybridized carbons (Fsp3) is 0.545. The summed E-state index contributed by atoms with van der Waals surface area (Å²) < 4.78 is 0.756. The molecule has 0 aliphatic heterocycles. The van der Waals surface area contributed by atoms with Crippen LogP contribution in [-0.2, 0) is 4.79 Å². The van der Waals surface area contributed by atoms with Crippen LogP contribution < -0.4 is 0 Å². The normalized spacial score (nSPS) is 9.63. The molecule has 1 aromatic heterocycles. The molecule has 0 radical (unpaired) electrons. The summed E-state index contributed by atoms with van der Waals surface area (Å²) in [6, 6.07) is 4.01. The number of carbonyl (C=O) groups is 1. The Balaban J connectivity index is 2.46. The van der Waals surface area contributed by atoms with E-state index in [1.54, 1.807) is 4.90 Å². The van der Waals surface area contributed by atoms with Crippen molar-refractivity contribution in [2.45, 2.75) is 24.1 Å². The van der Waals surface area contributed by atoms with Crippen LogP contribution in [0.5, 0.6) is 0 Å². The number of rotatable bonds is 7. The lowest BCUT2D eigenvalue weighted by molar-refractivity contribution is -0.128. The third-order valence-corrected chi connectivity index (χ3v) is 4.12. The Bertz CT molecular complexity index is 484. The van der Waals surface area contributed by atoms with Crippen LogP contribution in [0.3, 0.4) is 0 Å². The molecule has 0 aromatic carbocycles. The Morgan fingerprint density at radius 3 is 2.42 bits per heavy atom. The van der Waals surface area contributed by atoms with E-state index in [0.29, 0.717) is 13.1 Å². The van der Waals surface area contributed by atoms with Gasteiger partial charge in [0.15, 0.2) is 4.34 Å². The van der Waals surface area contributed by atoms with Crippen LogP contribution >= 0.6 is 23.1 Å². The minimum absolute atomic E-state index is 0.0802. The van der Waals surface area contributed by atoms with Crippen LogP contribution in [-0.4, -0.2) is 39.8 Å². The lowest BCUT2D eigenvalue weighted by atomic mass is 10.3. The van der Waals surface area contributed by atoms with Crippen LogP contribution in [0, 0.1) is 29.6 Å². The molecule has 0 saturated carbocycles. The lowest BCUT2D eigenvalue weighted by Gasteiger charge is -2.19. The molecular formula is C11H13N5OS2. The topological polar surface area (TPSA) is 93.7 Å². The van der Waals surface area contributed by atoms with Gasteiger partial charge in [-0.25, -0.2) is 0 Å². The molecule has 1 heterocycles. The molecular weight excluding hydrogens is 282 g/mol. The second-order valence-corrected chi connectivity index (χ2v) is 5.98. The van der Waals surface area contributed by atoms with Gasteiger partial charge in [0.1, 0.15) is 5.01 Å². The molecule has 19 heavy (non-hydrogen) atoms. The lowest BCUT2D eigenvalue weighted by Crippen LogP contribution is -2.34. The molecule has 0 bridgehead atoms. The Kier molecular flexibility index (Phi) is 6.86. The molecule has 100 valence electrons. The zero-order chi connectivity index (χ0) is 14.1. The van der Waals surface area contributed by atoms with Crippen LogP contribution in [0.15, 0.2) is 4.34 Å². The number of thioether (sulfide) groups is 1. The first-order valence-corrected chi connectivity index (χ1v) is 7.42. The molecule has 0 atom stereocenters. The highest BCUT2D eigenvalue weighted by atomic mass is 32.2. The summed E-state index contributed by atoms with van der Waals surface area (Å²) in [6.45, 7) is 2.59. The standard InChI is InChI=1S/C11H13N5OS2/c1-9-14-15-11(19-9)18-8-10(17)16(6-2-4-12)7-3-5-13/h2-3,6-8H2,1H3. The van der Waals surface area contributed by atoms with Gasteiger partial charge in [0.05, 0.1) is 30.7 Å². The molecule has 0 N–H and O–H groups in total. The maximum atomic E-state index is 12.0.